The predicted octanol–water partition coefficient (Wildman–Crippen LogP) is 5.35. The number of allylic oxidation sites excluding steroid dienone is 1. The number of aliphatic hydroxyl groups is 1. The molecule has 1 aliphatic rings. The summed E-state index contributed by atoms with van der Waals surface area (Å²) in [5.41, 5.74) is 1.10. The predicted molar refractivity (Wildman–Crippen MR) is 145 cm³/mol. The third kappa shape index (κ3) is 8.46. The maximum atomic E-state index is 13.7. The fourth-order valence-electron chi connectivity index (χ4n) is 5.71. The lowest BCUT2D eigenvalue weighted by molar-refractivity contribution is -0.140. The number of likely N-dealkylation sites (N-methyl/N-ethyl adjacent to an activating group) is 1. The summed E-state index contributed by atoms with van der Waals surface area (Å²) >= 11 is 0. The molecule has 0 aliphatic carbocycles. The number of aliphatic hydroxyl groups excluding tert-OH is 1. The molecule has 0 saturated carbocycles. The highest BCUT2D eigenvalue weighted by Gasteiger charge is 2.40. The van der Waals surface area contributed by atoms with Crippen molar-refractivity contribution in [2.24, 2.45) is 23.7 Å². The maximum absolute atomic E-state index is 13.7. The second-order valence-electron chi connectivity index (χ2n) is 11.3. The number of ether oxygens (including phenoxy) is 2. The average Bonchev–Trinajstić information content (AvgIpc) is 3.31. The quantitative estimate of drug-likeness (QED) is 0.312. The van der Waals surface area contributed by atoms with Crippen LogP contribution in [0.1, 0.15) is 87.0 Å². The normalized spacial score (nSPS) is 22.4. The molecule has 1 saturated heterocycles. The van der Waals surface area contributed by atoms with Crippen LogP contribution in [0.5, 0.6) is 0 Å². The highest BCUT2D eigenvalue weighted by atomic mass is 16.5. The fraction of sp³-hybridized carbons (Fsp3) is 0.897. The summed E-state index contributed by atoms with van der Waals surface area (Å²) in [5.74, 6) is 1.51. The van der Waals surface area contributed by atoms with Gasteiger partial charge in [0.1, 0.15) is 0 Å². The Bertz CT molecular complexity index is 640. The molecule has 6 nitrogen and oxygen atoms in total. The zero-order valence-corrected chi connectivity index (χ0v) is 24.4. The van der Waals surface area contributed by atoms with E-state index in [4.69, 9.17) is 9.47 Å². The largest absolute Gasteiger partial charge is 0.393 e. The van der Waals surface area contributed by atoms with Crippen LogP contribution in [0, 0.1) is 23.7 Å². The van der Waals surface area contributed by atoms with E-state index in [-0.39, 0.29) is 42.2 Å². The fourth-order valence-corrected chi connectivity index (χ4v) is 5.71. The van der Waals surface area contributed by atoms with Gasteiger partial charge in [0.05, 0.1) is 36.8 Å². The molecule has 1 rings (SSSR count). The number of nitrogens with zero attached hydrogens (tertiary/aromatic N) is 2. The van der Waals surface area contributed by atoms with Crippen LogP contribution < -0.4 is 0 Å². The van der Waals surface area contributed by atoms with Crippen LogP contribution in [0.2, 0.25) is 0 Å². The van der Waals surface area contributed by atoms with Crippen molar-refractivity contribution in [3.8, 4) is 0 Å². The van der Waals surface area contributed by atoms with Crippen LogP contribution in [0.3, 0.4) is 0 Å². The first-order valence-electron chi connectivity index (χ1n) is 13.9. The minimum Gasteiger partial charge on any atom is -0.393 e. The van der Waals surface area contributed by atoms with Gasteiger partial charge >= 0.3 is 0 Å². The zero-order chi connectivity index (χ0) is 26.9. The van der Waals surface area contributed by atoms with Crippen molar-refractivity contribution in [1.29, 1.82) is 0 Å². The summed E-state index contributed by atoms with van der Waals surface area (Å²) in [6, 6.07) is 0.111. The first-order valence-corrected chi connectivity index (χ1v) is 13.9. The number of carbonyl (C=O) groups excluding carboxylic acids is 1. The molecule has 206 valence electrons. The second kappa shape index (κ2) is 15.2. The molecule has 7 unspecified atom stereocenters. The molecule has 1 N–H and O–H groups in total. The van der Waals surface area contributed by atoms with Crippen molar-refractivity contribution in [2.45, 2.75) is 117 Å². The molecule has 1 fully saturated rings. The Hall–Kier alpha value is -1.11. The number of likely N-dealkylation sites (tertiary alicyclic amines) is 1. The van der Waals surface area contributed by atoms with Gasteiger partial charge in [-0.25, -0.2) is 0 Å². The molecular weight excluding hydrogens is 440 g/mol. The number of amides is 1. The van der Waals surface area contributed by atoms with Crippen molar-refractivity contribution in [3.05, 3.63) is 12.3 Å². The number of hydrogen-bond donors (Lipinski definition) is 1. The SMILES string of the molecule is C=C([C@@H](C)C(C)C)N(C)C(C(C)CC)C(CC(=O)N1CCCC1C(OC)C(C)CC(O)CC)OC. The molecule has 1 aliphatic heterocycles. The minimum absolute atomic E-state index is 0.0415. The van der Waals surface area contributed by atoms with E-state index in [1.807, 2.05) is 11.8 Å². The van der Waals surface area contributed by atoms with Crippen LogP contribution in [-0.2, 0) is 14.3 Å². The van der Waals surface area contributed by atoms with Gasteiger partial charge in [-0.15, -0.1) is 0 Å². The number of methoxy groups -OCH3 is 2. The van der Waals surface area contributed by atoms with Crippen molar-refractivity contribution in [1.82, 2.24) is 9.80 Å². The van der Waals surface area contributed by atoms with Crippen LogP contribution >= 0.6 is 0 Å². The summed E-state index contributed by atoms with van der Waals surface area (Å²) in [4.78, 5) is 18.0. The Balaban J connectivity index is 3.08. The van der Waals surface area contributed by atoms with Crippen molar-refractivity contribution < 1.29 is 19.4 Å². The molecule has 0 aromatic carbocycles. The number of carbonyl (C=O) groups is 1. The van der Waals surface area contributed by atoms with Gasteiger partial charge in [0.15, 0.2) is 0 Å². The van der Waals surface area contributed by atoms with E-state index >= 15 is 0 Å². The Kier molecular flexibility index (Phi) is 13.9. The van der Waals surface area contributed by atoms with E-state index in [0.29, 0.717) is 30.6 Å². The Morgan fingerprint density at radius 2 is 1.71 bits per heavy atom. The maximum Gasteiger partial charge on any atom is 0.225 e. The minimum atomic E-state index is -0.334. The van der Waals surface area contributed by atoms with Crippen LogP contribution in [0.15, 0.2) is 12.3 Å². The Morgan fingerprint density at radius 1 is 1.09 bits per heavy atom. The van der Waals surface area contributed by atoms with Crippen LogP contribution in [-0.4, -0.2) is 79.0 Å². The van der Waals surface area contributed by atoms with E-state index in [2.05, 4.69) is 60.1 Å². The third-order valence-corrected chi connectivity index (χ3v) is 8.66. The molecule has 1 amide bonds. The van der Waals surface area contributed by atoms with E-state index in [1.165, 1.54) is 0 Å². The molecule has 0 bridgehead atoms. The molecule has 0 aromatic heterocycles. The van der Waals surface area contributed by atoms with E-state index in [0.717, 1.165) is 37.9 Å². The van der Waals surface area contributed by atoms with Gasteiger partial charge in [-0.2, -0.15) is 0 Å². The lowest BCUT2D eigenvalue weighted by Crippen LogP contribution is -2.51. The molecule has 0 radical (unpaired) electrons. The van der Waals surface area contributed by atoms with Gasteiger partial charge in [0.2, 0.25) is 5.91 Å². The summed E-state index contributed by atoms with van der Waals surface area (Å²) in [5, 5.41) is 10.2. The molecule has 0 spiro atoms. The smallest absolute Gasteiger partial charge is 0.225 e. The standard InChI is InChI=1S/C29H56N2O4/c1-12-20(5)28(30(9)23(8)22(7)19(3)4)26(34-10)18-27(33)31-16-14-15-25(31)29(35-11)21(6)17-24(32)13-2/h19-22,24-26,28-29,32H,8,12-18H2,1-7,9-11H3/t20?,21?,22-,24?,25?,26?,28?,29?/m0/s1. The summed E-state index contributed by atoms with van der Waals surface area (Å²) in [6.07, 6.45) is 4.04. The monoisotopic (exact) mass is 496 g/mol. The Morgan fingerprint density at radius 3 is 2.20 bits per heavy atom. The lowest BCUT2D eigenvalue weighted by Gasteiger charge is -2.42. The first-order chi connectivity index (χ1) is 16.4. The number of rotatable bonds is 16. The van der Waals surface area contributed by atoms with Gasteiger partial charge in [-0.1, -0.05) is 61.5 Å². The van der Waals surface area contributed by atoms with Gasteiger partial charge in [0, 0.05) is 33.5 Å². The molecular formula is C29H56N2O4. The van der Waals surface area contributed by atoms with Gasteiger partial charge in [-0.3, -0.25) is 4.79 Å². The first kappa shape index (κ1) is 31.9. The molecule has 1 heterocycles. The molecule has 35 heavy (non-hydrogen) atoms. The van der Waals surface area contributed by atoms with Crippen molar-refractivity contribution >= 4 is 5.91 Å². The molecule has 0 aromatic rings. The highest BCUT2D eigenvalue weighted by Crippen LogP contribution is 2.32. The topological polar surface area (TPSA) is 62.2 Å². The van der Waals surface area contributed by atoms with Gasteiger partial charge in [-0.05, 0) is 49.4 Å². The van der Waals surface area contributed by atoms with Crippen molar-refractivity contribution in [2.75, 3.05) is 27.8 Å². The van der Waals surface area contributed by atoms with E-state index in [1.54, 1.807) is 14.2 Å². The van der Waals surface area contributed by atoms with Crippen LogP contribution in [0.25, 0.3) is 0 Å². The lowest BCUT2D eigenvalue weighted by atomic mass is 9.87. The van der Waals surface area contributed by atoms with Crippen LogP contribution in [0.4, 0.5) is 0 Å². The van der Waals surface area contributed by atoms with Gasteiger partial charge in [0.25, 0.3) is 0 Å². The second-order valence-corrected chi connectivity index (χ2v) is 11.3. The molecule has 8 atom stereocenters. The molecule has 6 heteroatoms. The van der Waals surface area contributed by atoms with E-state index < -0.39 is 0 Å². The van der Waals surface area contributed by atoms with E-state index in [9.17, 15) is 9.90 Å². The third-order valence-electron chi connectivity index (χ3n) is 8.66. The zero-order valence-electron chi connectivity index (χ0n) is 24.4. The Labute approximate surface area is 216 Å². The number of hydrogen-bond acceptors (Lipinski definition) is 5. The summed E-state index contributed by atoms with van der Waals surface area (Å²) < 4.78 is 11.9. The highest BCUT2D eigenvalue weighted by molar-refractivity contribution is 5.77. The average molecular weight is 497 g/mol. The van der Waals surface area contributed by atoms with Gasteiger partial charge < -0.3 is 24.4 Å². The summed E-state index contributed by atoms with van der Waals surface area (Å²) in [6.45, 7) is 20.4. The summed E-state index contributed by atoms with van der Waals surface area (Å²) in [7, 11) is 5.56. The van der Waals surface area contributed by atoms with Crippen molar-refractivity contribution in [3.63, 3.8) is 0 Å².